The van der Waals surface area contributed by atoms with Crippen LogP contribution in [0, 0.1) is 0 Å². The Balaban J connectivity index is 1.22. The summed E-state index contributed by atoms with van der Waals surface area (Å²) in [4.78, 5) is 34.8. The van der Waals surface area contributed by atoms with E-state index in [1.165, 1.54) is 28.9 Å². The van der Waals surface area contributed by atoms with Crippen molar-refractivity contribution >= 4 is 63.4 Å². The first-order valence-corrected chi connectivity index (χ1v) is 17.4. The summed E-state index contributed by atoms with van der Waals surface area (Å²) < 4.78 is 94.8. The van der Waals surface area contributed by atoms with Crippen molar-refractivity contribution < 1.29 is 44.8 Å². The van der Waals surface area contributed by atoms with E-state index >= 15 is 4.39 Å². The fourth-order valence-electron chi connectivity index (χ4n) is 5.56. The molecule has 3 aliphatic rings. The van der Waals surface area contributed by atoms with Crippen molar-refractivity contribution in [1.82, 2.24) is 43.8 Å². The summed E-state index contributed by atoms with van der Waals surface area (Å²) in [6.07, 6.45) is -8.17. The molecule has 3 aliphatic heterocycles. The predicted molar refractivity (Wildman–Crippen MR) is 155 cm³/mol. The first-order chi connectivity index (χ1) is 21.9. The molecule has 46 heavy (non-hydrogen) atoms. The molecule has 4 aromatic rings. The molecular formula is C21H25FN11O10PS2. The first kappa shape index (κ1) is 31.3. The number of H-pyrrole nitrogens is 1. The SMILES string of the molecule is CO[C@H]1[C@H]2OS(=O)(=O)NC[C@H]3O[C@@H](n4cnc5c(N)ncnc54)[C@H](F)[C@@H]3O[P@](=O)(S)OC[C@H]1O[C@H]2n1cnc2c(=O)[nH]c(N)nc21. The second-order valence-corrected chi connectivity index (χ2v) is 14.6. The molecule has 7 heterocycles. The third-order valence-electron chi connectivity index (χ3n) is 7.57. The zero-order chi connectivity index (χ0) is 32.5. The quantitative estimate of drug-likeness (QED) is 0.125. The number of ether oxygens (including phenoxy) is 3. The lowest BCUT2D eigenvalue weighted by molar-refractivity contribution is -0.0517. The van der Waals surface area contributed by atoms with Gasteiger partial charge in [0, 0.05) is 13.7 Å². The zero-order valence-corrected chi connectivity index (χ0v) is 25.9. The van der Waals surface area contributed by atoms with Gasteiger partial charge in [0.05, 0.1) is 19.3 Å². The van der Waals surface area contributed by atoms with Crippen LogP contribution in [0.15, 0.2) is 23.8 Å². The maximum absolute atomic E-state index is 16.0. The number of hydrogen-bond donors (Lipinski definition) is 5. The second kappa shape index (κ2) is 11.4. The maximum atomic E-state index is 16.0. The van der Waals surface area contributed by atoms with Gasteiger partial charge in [-0.1, -0.05) is 12.2 Å². The van der Waals surface area contributed by atoms with Crippen molar-refractivity contribution in [2.24, 2.45) is 0 Å². The lowest BCUT2D eigenvalue weighted by atomic mass is 10.1. The summed E-state index contributed by atoms with van der Waals surface area (Å²) in [7, 11) is -3.43. The van der Waals surface area contributed by atoms with Crippen LogP contribution in [0.3, 0.4) is 0 Å². The van der Waals surface area contributed by atoms with Gasteiger partial charge in [-0.15, -0.1) is 0 Å². The highest BCUT2D eigenvalue weighted by Gasteiger charge is 2.53. The normalized spacial score (nSPS) is 35.0. The minimum atomic E-state index is -4.69. The highest BCUT2D eigenvalue weighted by atomic mass is 32.7. The lowest BCUT2D eigenvalue weighted by Gasteiger charge is -2.24. The van der Waals surface area contributed by atoms with Gasteiger partial charge in [0.2, 0.25) is 5.95 Å². The number of imidazole rings is 2. The van der Waals surface area contributed by atoms with E-state index in [9.17, 15) is 17.8 Å². The Morgan fingerprint density at radius 3 is 2.54 bits per heavy atom. The number of alkyl halides is 1. The molecule has 3 fully saturated rings. The third-order valence-corrected chi connectivity index (χ3v) is 10.2. The minimum absolute atomic E-state index is 0.0355. The van der Waals surface area contributed by atoms with Crippen molar-refractivity contribution in [3.8, 4) is 0 Å². The average molecular weight is 706 g/mol. The number of methoxy groups -OCH3 is 1. The maximum Gasteiger partial charge on any atom is 0.386 e. The van der Waals surface area contributed by atoms with Crippen molar-refractivity contribution in [3.05, 3.63) is 29.3 Å². The van der Waals surface area contributed by atoms with Crippen LogP contribution in [-0.4, -0.2) is 104 Å². The number of fused-ring (bicyclic) bond motifs is 5. The summed E-state index contributed by atoms with van der Waals surface area (Å²) in [5.74, 6) is -0.203. The van der Waals surface area contributed by atoms with Crippen molar-refractivity contribution in [1.29, 1.82) is 0 Å². The van der Waals surface area contributed by atoms with Gasteiger partial charge in [-0.05, 0) is 0 Å². The molecule has 4 aromatic heterocycles. The number of thiol groups is 1. The van der Waals surface area contributed by atoms with E-state index in [1.54, 1.807) is 0 Å². The number of hydrogen-bond acceptors (Lipinski definition) is 17. The number of rotatable bonds is 3. The summed E-state index contributed by atoms with van der Waals surface area (Å²) in [5, 5.41) is 0. The minimum Gasteiger partial charge on any atom is -0.382 e. The predicted octanol–water partition coefficient (Wildman–Crippen LogP) is -1.06. The van der Waals surface area contributed by atoms with Gasteiger partial charge in [0.25, 0.3) is 5.56 Å². The van der Waals surface area contributed by atoms with Crippen molar-refractivity contribution in [3.63, 3.8) is 0 Å². The van der Waals surface area contributed by atoms with E-state index in [0.717, 1.165) is 6.33 Å². The van der Waals surface area contributed by atoms with E-state index in [-0.39, 0.29) is 34.1 Å². The zero-order valence-electron chi connectivity index (χ0n) is 23.3. The summed E-state index contributed by atoms with van der Waals surface area (Å²) in [5.41, 5.74) is 11.0. The summed E-state index contributed by atoms with van der Waals surface area (Å²) in [6, 6.07) is 0. The van der Waals surface area contributed by atoms with Crippen LogP contribution in [0.2, 0.25) is 0 Å². The van der Waals surface area contributed by atoms with Crippen LogP contribution in [0.5, 0.6) is 0 Å². The molecule has 0 aliphatic carbocycles. The molecule has 9 atom stereocenters. The number of nitrogens with zero attached hydrogens (tertiary/aromatic N) is 7. The molecule has 0 amide bonds. The highest BCUT2D eigenvalue weighted by molar-refractivity contribution is 8.44. The number of nitrogen functional groups attached to an aromatic ring is 2. The molecule has 0 radical (unpaired) electrons. The van der Waals surface area contributed by atoms with Gasteiger partial charge >= 0.3 is 17.1 Å². The lowest BCUT2D eigenvalue weighted by Crippen LogP contribution is -2.44. The fraction of sp³-hybridized carbons (Fsp3) is 0.524. The Morgan fingerprint density at radius 1 is 1.07 bits per heavy atom. The standard InChI is InChI=1S/C21H25FN11O10PS2/c1-38-13-8-3-39-44(35,45)42-12-7(40-19(9(12)22)32-5-27-10-15(23)25-4-26-16(10)32)2-29-46(36,37)43-14(13)20(41-8)33-6-28-11-17(33)30-21(24)31-18(11)34/h4-9,12-14,19-20,29H,2-3H2,1H3,(H,35,45)(H2,23,25,26)(H3,24,30,31,34)/t7-,8-,9-,12-,13-,14-,19-,20-,44-/m1/s1. The molecule has 0 saturated carbocycles. The highest BCUT2D eigenvalue weighted by Crippen LogP contribution is 2.57. The van der Waals surface area contributed by atoms with Gasteiger partial charge in [-0.3, -0.25) is 28.0 Å². The Bertz CT molecular complexity index is 2030. The van der Waals surface area contributed by atoms with Gasteiger partial charge in [-0.2, -0.15) is 18.1 Å². The number of anilines is 2. The molecule has 7 rings (SSSR count). The monoisotopic (exact) mass is 705 g/mol. The van der Waals surface area contributed by atoms with E-state index < -0.39 is 85.0 Å². The van der Waals surface area contributed by atoms with Crippen molar-refractivity contribution in [2.75, 3.05) is 31.7 Å². The van der Waals surface area contributed by atoms with Gasteiger partial charge in [0.1, 0.15) is 36.3 Å². The van der Waals surface area contributed by atoms with Crippen LogP contribution in [0.4, 0.5) is 16.2 Å². The summed E-state index contributed by atoms with van der Waals surface area (Å²) in [6.45, 7) is -5.57. The van der Waals surface area contributed by atoms with Gasteiger partial charge in [0.15, 0.2) is 47.4 Å². The Hall–Kier alpha value is -3.32. The fourth-order valence-corrected chi connectivity index (χ4v) is 7.98. The molecule has 0 spiro atoms. The van der Waals surface area contributed by atoms with Gasteiger partial charge < -0.3 is 25.7 Å². The number of nitrogens with two attached hydrogens (primary N) is 2. The number of nitrogens with one attached hydrogen (secondary N) is 2. The van der Waals surface area contributed by atoms with E-state index in [1.807, 2.05) is 0 Å². The van der Waals surface area contributed by atoms with Crippen molar-refractivity contribution in [2.45, 2.75) is 49.1 Å². The topological polar surface area (TPSA) is 278 Å². The molecule has 2 bridgehead atoms. The number of halogens is 1. The van der Waals surface area contributed by atoms with Crippen LogP contribution < -0.4 is 21.7 Å². The van der Waals surface area contributed by atoms with Crippen LogP contribution in [-0.2, 0) is 42.3 Å². The Kier molecular flexibility index (Phi) is 7.77. The third kappa shape index (κ3) is 5.42. The molecule has 0 unspecified atom stereocenters. The Labute approximate surface area is 262 Å². The number of aromatic nitrogens is 8. The molecule has 248 valence electrons. The Morgan fingerprint density at radius 2 is 1.78 bits per heavy atom. The molecule has 21 nitrogen and oxygen atoms in total. The van der Waals surface area contributed by atoms with Crippen LogP contribution >= 0.6 is 19.0 Å². The molecular weight excluding hydrogens is 680 g/mol. The van der Waals surface area contributed by atoms with Gasteiger partial charge in [-0.25, -0.2) is 33.1 Å². The van der Waals surface area contributed by atoms with Crippen LogP contribution in [0.25, 0.3) is 22.3 Å². The largest absolute Gasteiger partial charge is 0.386 e. The average Bonchev–Trinajstić information content (AvgIpc) is 3.75. The molecule has 25 heteroatoms. The smallest absolute Gasteiger partial charge is 0.382 e. The molecule has 6 N–H and O–H groups in total. The molecule has 0 aromatic carbocycles. The number of aromatic amines is 1. The molecule has 3 saturated heterocycles. The first-order valence-electron chi connectivity index (χ1n) is 13.3. The van der Waals surface area contributed by atoms with E-state index in [2.05, 4.69) is 46.9 Å². The van der Waals surface area contributed by atoms with E-state index in [4.69, 9.17) is 38.9 Å². The van der Waals surface area contributed by atoms with Crippen LogP contribution in [0.1, 0.15) is 12.5 Å². The second-order valence-electron chi connectivity index (χ2n) is 10.3. The summed E-state index contributed by atoms with van der Waals surface area (Å²) >= 11 is 4.03. The van der Waals surface area contributed by atoms with E-state index in [0.29, 0.717) is 0 Å².